The van der Waals surface area contributed by atoms with Crippen LogP contribution in [0.25, 0.3) is 0 Å². The summed E-state index contributed by atoms with van der Waals surface area (Å²) in [7, 11) is 0. The molecule has 0 aliphatic carbocycles. The fraction of sp³-hybridized carbons (Fsp3) is 0.300. The van der Waals surface area contributed by atoms with E-state index < -0.39 is 4.92 Å². The van der Waals surface area contributed by atoms with Crippen LogP contribution in [0.3, 0.4) is 0 Å². The average molecular weight is 277 g/mol. The smallest absolute Gasteiger partial charge is 0.289 e. The highest BCUT2D eigenvalue weighted by Crippen LogP contribution is 2.27. The van der Waals surface area contributed by atoms with Crippen LogP contribution in [0, 0.1) is 10.1 Å². The van der Waals surface area contributed by atoms with Gasteiger partial charge >= 0.3 is 0 Å². The summed E-state index contributed by atoms with van der Waals surface area (Å²) < 4.78 is 0. The molecule has 0 heterocycles. The van der Waals surface area contributed by atoms with Crippen LogP contribution >= 0.6 is 23.2 Å². The van der Waals surface area contributed by atoms with E-state index in [1.807, 2.05) is 0 Å². The number of benzene rings is 1. The highest BCUT2D eigenvalue weighted by atomic mass is 35.5. The lowest BCUT2D eigenvalue weighted by molar-refractivity contribution is -0.384. The summed E-state index contributed by atoms with van der Waals surface area (Å²) in [5.74, 6) is 0.163. The predicted molar refractivity (Wildman–Crippen MR) is 66.7 cm³/mol. The topological polar surface area (TPSA) is 72.2 Å². The molecule has 92 valence electrons. The summed E-state index contributed by atoms with van der Waals surface area (Å²) in [6.45, 7) is 0. The molecule has 0 spiro atoms. The number of nitrogens with one attached hydrogen (secondary N) is 1. The number of anilines is 1. The van der Waals surface area contributed by atoms with Gasteiger partial charge in [0.25, 0.3) is 5.69 Å². The van der Waals surface area contributed by atoms with Gasteiger partial charge in [0.15, 0.2) is 0 Å². The van der Waals surface area contributed by atoms with Crippen LogP contribution in [0.5, 0.6) is 0 Å². The number of nitro benzene ring substituents is 1. The Morgan fingerprint density at radius 3 is 2.76 bits per heavy atom. The number of nitrogens with zero attached hydrogens (tertiary/aromatic N) is 1. The first-order chi connectivity index (χ1) is 8.04. The minimum atomic E-state index is -0.600. The molecule has 0 aliphatic heterocycles. The monoisotopic (exact) mass is 276 g/mol. The molecule has 0 saturated heterocycles. The second-order valence-electron chi connectivity index (χ2n) is 3.26. The van der Waals surface area contributed by atoms with Crippen molar-refractivity contribution in [3.8, 4) is 0 Å². The molecule has 7 heteroatoms. The standard InChI is InChI=1S/C10H10Cl2N2O3/c11-5-1-2-10(15)13-7-3-4-8(12)9(6-7)14(16)17/h3-4,6H,1-2,5H2,(H,13,15). The lowest BCUT2D eigenvalue weighted by Crippen LogP contribution is -2.11. The van der Waals surface area contributed by atoms with Gasteiger partial charge in [-0.05, 0) is 18.6 Å². The third kappa shape index (κ3) is 4.20. The zero-order valence-electron chi connectivity index (χ0n) is 8.78. The minimum absolute atomic E-state index is 0.0359. The van der Waals surface area contributed by atoms with E-state index in [0.29, 0.717) is 18.0 Å². The fourth-order valence-corrected chi connectivity index (χ4v) is 1.50. The molecular weight excluding hydrogens is 267 g/mol. The molecule has 17 heavy (non-hydrogen) atoms. The van der Waals surface area contributed by atoms with E-state index in [1.165, 1.54) is 18.2 Å². The zero-order chi connectivity index (χ0) is 12.8. The first-order valence-electron chi connectivity index (χ1n) is 4.84. The Morgan fingerprint density at radius 1 is 1.47 bits per heavy atom. The van der Waals surface area contributed by atoms with E-state index in [4.69, 9.17) is 23.2 Å². The van der Waals surface area contributed by atoms with Crippen LogP contribution in [0.2, 0.25) is 5.02 Å². The van der Waals surface area contributed by atoms with Crippen LogP contribution in [0.15, 0.2) is 18.2 Å². The molecule has 0 unspecified atom stereocenters. The van der Waals surface area contributed by atoms with Crippen molar-refractivity contribution in [2.45, 2.75) is 12.8 Å². The molecule has 0 aliphatic rings. The maximum atomic E-state index is 11.4. The van der Waals surface area contributed by atoms with Gasteiger partial charge in [0.2, 0.25) is 5.91 Å². The van der Waals surface area contributed by atoms with Gasteiger partial charge in [-0.3, -0.25) is 14.9 Å². The van der Waals surface area contributed by atoms with Crippen LogP contribution in [0.4, 0.5) is 11.4 Å². The van der Waals surface area contributed by atoms with Crippen LogP contribution in [0.1, 0.15) is 12.8 Å². The highest BCUT2D eigenvalue weighted by molar-refractivity contribution is 6.32. The first kappa shape index (κ1) is 13.7. The quantitative estimate of drug-likeness (QED) is 0.510. The van der Waals surface area contributed by atoms with E-state index in [2.05, 4.69) is 5.32 Å². The summed E-state index contributed by atoms with van der Waals surface area (Å²) >= 11 is 11.1. The van der Waals surface area contributed by atoms with Gasteiger partial charge in [-0.25, -0.2) is 0 Å². The first-order valence-corrected chi connectivity index (χ1v) is 5.75. The number of nitro groups is 1. The lowest BCUT2D eigenvalue weighted by Gasteiger charge is -2.04. The molecule has 1 aromatic rings. The number of halogens is 2. The number of hydrogen-bond donors (Lipinski definition) is 1. The SMILES string of the molecule is O=C(CCCCl)Nc1ccc(Cl)c([N+](=O)[O-])c1. The molecule has 0 bridgehead atoms. The van der Waals surface area contributed by atoms with Crippen molar-refractivity contribution in [1.29, 1.82) is 0 Å². The maximum Gasteiger partial charge on any atom is 0.289 e. The molecule has 1 rings (SSSR count). The molecular formula is C10H10Cl2N2O3. The van der Waals surface area contributed by atoms with Gasteiger partial charge in [-0.15, -0.1) is 11.6 Å². The molecule has 1 N–H and O–H groups in total. The van der Waals surface area contributed by atoms with Crippen LogP contribution in [-0.4, -0.2) is 16.7 Å². The molecule has 1 amide bonds. The molecule has 5 nitrogen and oxygen atoms in total. The van der Waals surface area contributed by atoms with Crippen molar-refractivity contribution in [3.05, 3.63) is 33.3 Å². The Labute approximate surface area is 108 Å². The Morgan fingerprint density at radius 2 is 2.18 bits per heavy atom. The van der Waals surface area contributed by atoms with Gasteiger partial charge in [-0.1, -0.05) is 11.6 Å². The third-order valence-corrected chi connectivity index (χ3v) is 2.55. The summed E-state index contributed by atoms with van der Waals surface area (Å²) in [4.78, 5) is 21.4. The molecule has 0 radical (unpaired) electrons. The maximum absolute atomic E-state index is 11.4. The van der Waals surface area contributed by atoms with Crippen LogP contribution < -0.4 is 5.32 Å². The van der Waals surface area contributed by atoms with Crippen molar-refractivity contribution in [2.75, 3.05) is 11.2 Å². The number of hydrogen-bond acceptors (Lipinski definition) is 3. The predicted octanol–water partition coefficient (Wildman–Crippen LogP) is 3.21. The molecule has 0 saturated carbocycles. The van der Waals surface area contributed by atoms with E-state index in [1.54, 1.807) is 0 Å². The Bertz CT molecular complexity index is 438. The summed E-state index contributed by atoms with van der Waals surface area (Å²) in [6.07, 6.45) is 0.836. The van der Waals surface area contributed by atoms with E-state index in [0.717, 1.165) is 0 Å². The second-order valence-corrected chi connectivity index (χ2v) is 4.05. The number of rotatable bonds is 5. The van der Waals surface area contributed by atoms with Crippen molar-refractivity contribution in [2.24, 2.45) is 0 Å². The fourth-order valence-electron chi connectivity index (χ4n) is 1.18. The normalized spacial score (nSPS) is 10.0. The number of alkyl halides is 1. The molecule has 0 fully saturated rings. The summed E-state index contributed by atoms with van der Waals surface area (Å²) in [5.41, 5.74) is 0.113. The van der Waals surface area contributed by atoms with E-state index in [9.17, 15) is 14.9 Å². The lowest BCUT2D eigenvalue weighted by atomic mass is 10.2. The van der Waals surface area contributed by atoms with Gasteiger partial charge in [0.05, 0.1) is 4.92 Å². The van der Waals surface area contributed by atoms with Gasteiger partial charge in [0, 0.05) is 24.1 Å². The summed E-state index contributed by atoms with van der Waals surface area (Å²) in [6, 6.07) is 4.10. The van der Waals surface area contributed by atoms with Crippen molar-refractivity contribution in [3.63, 3.8) is 0 Å². The van der Waals surface area contributed by atoms with Crippen molar-refractivity contribution >= 4 is 40.5 Å². The van der Waals surface area contributed by atoms with E-state index in [-0.39, 0.29) is 23.0 Å². The Balaban J connectivity index is 2.75. The Kier molecular flexibility index (Phi) is 5.18. The summed E-state index contributed by atoms with van der Waals surface area (Å²) in [5, 5.41) is 13.2. The van der Waals surface area contributed by atoms with Crippen molar-refractivity contribution in [1.82, 2.24) is 0 Å². The highest BCUT2D eigenvalue weighted by Gasteiger charge is 2.13. The number of carbonyl (C=O) groups excluding carboxylic acids is 1. The molecule has 0 aromatic heterocycles. The van der Waals surface area contributed by atoms with E-state index >= 15 is 0 Å². The van der Waals surface area contributed by atoms with Crippen LogP contribution in [-0.2, 0) is 4.79 Å². The number of carbonyl (C=O) groups is 1. The van der Waals surface area contributed by atoms with Crippen molar-refractivity contribution < 1.29 is 9.72 Å². The molecule has 0 atom stereocenters. The molecule has 1 aromatic carbocycles. The van der Waals surface area contributed by atoms with Gasteiger partial charge in [-0.2, -0.15) is 0 Å². The number of amides is 1. The second kappa shape index (κ2) is 6.42. The van der Waals surface area contributed by atoms with Gasteiger partial charge in [0.1, 0.15) is 5.02 Å². The average Bonchev–Trinajstić information content (AvgIpc) is 2.28. The largest absolute Gasteiger partial charge is 0.326 e. The minimum Gasteiger partial charge on any atom is -0.326 e. The zero-order valence-corrected chi connectivity index (χ0v) is 10.3. The third-order valence-electron chi connectivity index (χ3n) is 1.96. The Hall–Kier alpha value is -1.33. The van der Waals surface area contributed by atoms with Gasteiger partial charge < -0.3 is 5.32 Å².